The molecule has 1 fully saturated rings. The summed E-state index contributed by atoms with van der Waals surface area (Å²) in [5.41, 5.74) is 0. The number of hydrogen-bond donors (Lipinski definition) is 1. The molecule has 0 aliphatic carbocycles. The topological polar surface area (TPSA) is 66.6 Å². The molecule has 1 N–H and O–H groups in total. The molecule has 0 aromatic carbocycles. The predicted octanol–water partition coefficient (Wildman–Crippen LogP) is 0.191. The van der Waals surface area contributed by atoms with E-state index in [4.69, 9.17) is 14.7 Å². The van der Waals surface area contributed by atoms with E-state index < -0.39 is 0 Å². The summed E-state index contributed by atoms with van der Waals surface area (Å²) < 4.78 is 10.6. The first-order valence-corrected chi connectivity index (χ1v) is 5.52. The third kappa shape index (κ3) is 3.96. The fourth-order valence-electron chi connectivity index (χ4n) is 1.03. The largest absolute Gasteiger partial charge is 0.376 e. The number of rotatable bonds is 2. The Morgan fingerprint density at radius 1 is 1.71 bits per heavy atom. The van der Waals surface area contributed by atoms with E-state index in [1.54, 1.807) is 0 Å². The molecule has 5 nitrogen and oxygen atoms in total. The third-order valence-corrected chi connectivity index (χ3v) is 2.30. The summed E-state index contributed by atoms with van der Waals surface area (Å²) in [6, 6.07) is 0. The highest BCUT2D eigenvalue weighted by Gasteiger charge is 2.13. The van der Waals surface area contributed by atoms with Crippen molar-refractivity contribution in [2.75, 3.05) is 32.6 Å². The number of ether oxygens (including phenoxy) is 2. The zero-order chi connectivity index (χ0) is 10.2. The lowest BCUT2D eigenvalue weighted by molar-refractivity contribution is -0.0832. The lowest BCUT2D eigenvalue weighted by atomic mass is 10.3. The second kappa shape index (κ2) is 6.65. The van der Waals surface area contributed by atoms with Crippen LogP contribution < -0.4 is 5.32 Å². The number of thioether (sulfide) groups is 1. The van der Waals surface area contributed by atoms with Gasteiger partial charge in [0.05, 0.1) is 26.4 Å². The Morgan fingerprint density at radius 3 is 3.14 bits per heavy atom. The molecule has 1 aliphatic heterocycles. The Balaban J connectivity index is 2.31. The minimum atomic E-state index is 0.0198. The molecule has 14 heavy (non-hydrogen) atoms. The average Bonchev–Trinajstić information content (AvgIpc) is 2.25. The quantitative estimate of drug-likeness (QED) is 0.308. The van der Waals surface area contributed by atoms with E-state index in [0.717, 1.165) is 0 Å². The van der Waals surface area contributed by atoms with Gasteiger partial charge in [0, 0.05) is 0 Å². The molecule has 1 saturated heterocycles. The summed E-state index contributed by atoms with van der Waals surface area (Å²) in [7, 11) is 0. The molecule has 6 heteroatoms. The highest BCUT2D eigenvalue weighted by molar-refractivity contribution is 8.13. The van der Waals surface area contributed by atoms with Crippen LogP contribution in [-0.2, 0) is 9.47 Å². The van der Waals surface area contributed by atoms with E-state index in [-0.39, 0.29) is 6.10 Å². The Morgan fingerprint density at radius 2 is 2.57 bits per heavy atom. The van der Waals surface area contributed by atoms with Crippen molar-refractivity contribution in [1.29, 1.82) is 5.26 Å². The minimum Gasteiger partial charge on any atom is -0.376 e. The van der Waals surface area contributed by atoms with E-state index in [2.05, 4.69) is 10.3 Å². The fourth-order valence-corrected chi connectivity index (χ4v) is 1.38. The van der Waals surface area contributed by atoms with E-state index in [9.17, 15) is 0 Å². The SMILES string of the molecule is CSC(=NCC1COCCO1)NC#N. The molecule has 0 aromatic heterocycles. The van der Waals surface area contributed by atoms with E-state index in [0.29, 0.717) is 31.5 Å². The van der Waals surface area contributed by atoms with Gasteiger partial charge in [0.1, 0.15) is 6.10 Å². The molecule has 0 amide bonds. The first-order chi connectivity index (χ1) is 6.86. The Kier molecular flexibility index (Phi) is 5.37. The number of aliphatic imine (C=N–C) groups is 1. The van der Waals surface area contributed by atoms with Crippen molar-refractivity contribution in [2.24, 2.45) is 4.99 Å². The van der Waals surface area contributed by atoms with Gasteiger partial charge in [0.25, 0.3) is 0 Å². The molecule has 0 saturated carbocycles. The molecule has 1 atom stereocenters. The second-order valence-electron chi connectivity index (χ2n) is 2.65. The summed E-state index contributed by atoms with van der Waals surface area (Å²) in [5.74, 6) is 0. The zero-order valence-electron chi connectivity index (χ0n) is 8.02. The van der Waals surface area contributed by atoms with Gasteiger partial charge in [-0.25, -0.2) is 0 Å². The first kappa shape index (κ1) is 11.3. The second-order valence-corrected chi connectivity index (χ2v) is 3.45. The van der Waals surface area contributed by atoms with E-state index in [1.807, 2.05) is 12.4 Å². The minimum absolute atomic E-state index is 0.0198. The monoisotopic (exact) mass is 215 g/mol. The lowest BCUT2D eigenvalue weighted by Crippen LogP contribution is -2.31. The van der Waals surface area contributed by atoms with Crippen LogP contribution in [0.25, 0.3) is 0 Å². The maximum absolute atomic E-state index is 8.39. The van der Waals surface area contributed by atoms with Crippen molar-refractivity contribution in [3.8, 4) is 6.19 Å². The van der Waals surface area contributed by atoms with Gasteiger partial charge < -0.3 is 9.47 Å². The molecule has 1 aliphatic rings. The van der Waals surface area contributed by atoms with Crippen molar-refractivity contribution >= 4 is 16.9 Å². The molecular weight excluding hydrogens is 202 g/mol. The molecular formula is C8H13N3O2S. The average molecular weight is 215 g/mol. The number of hydrogen-bond acceptors (Lipinski definition) is 5. The molecule has 0 radical (unpaired) electrons. The smallest absolute Gasteiger partial charge is 0.183 e. The van der Waals surface area contributed by atoms with Gasteiger partial charge in [-0.2, -0.15) is 5.26 Å². The van der Waals surface area contributed by atoms with Crippen LogP contribution in [0, 0.1) is 11.5 Å². The summed E-state index contributed by atoms with van der Waals surface area (Å²) in [4.78, 5) is 4.20. The van der Waals surface area contributed by atoms with Crippen LogP contribution in [0.15, 0.2) is 4.99 Å². The molecule has 1 rings (SSSR count). The van der Waals surface area contributed by atoms with Gasteiger partial charge in [-0.15, -0.1) is 0 Å². The summed E-state index contributed by atoms with van der Waals surface area (Å²) in [5, 5.41) is 11.5. The first-order valence-electron chi connectivity index (χ1n) is 4.29. The van der Waals surface area contributed by atoms with Crippen molar-refractivity contribution in [2.45, 2.75) is 6.10 Å². The molecule has 0 aromatic rings. The van der Waals surface area contributed by atoms with Crippen molar-refractivity contribution < 1.29 is 9.47 Å². The van der Waals surface area contributed by atoms with Gasteiger partial charge in [-0.3, -0.25) is 10.3 Å². The third-order valence-electron chi connectivity index (χ3n) is 1.68. The van der Waals surface area contributed by atoms with E-state index in [1.165, 1.54) is 11.8 Å². The maximum atomic E-state index is 8.39. The van der Waals surface area contributed by atoms with Gasteiger partial charge in [0.15, 0.2) is 11.4 Å². The normalized spacial score (nSPS) is 22.9. The molecule has 78 valence electrons. The summed E-state index contributed by atoms with van der Waals surface area (Å²) in [6.07, 6.45) is 3.72. The van der Waals surface area contributed by atoms with Gasteiger partial charge in [-0.05, 0) is 6.26 Å². The molecule has 0 spiro atoms. The number of nitriles is 1. The van der Waals surface area contributed by atoms with Gasteiger partial charge in [-0.1, -0.05) is 11.8 Å². The molecule has 1 heterocycles. The predicted molar refractivity (Wildman–Crippen MR) is 55.1 cm³/mol. The van der Waals surface area contributed by atoms with Crippen LogP contribution in [0.2, 0.25) is 0 Å². The van der Waals surface area contributed by atoms with Crippen LogP contribution >= 0.6 is 11.8 Å². The Labute approximate surface area is 87.5 Å². The fraction of sp³-hybridized carbons (Fsp3) is 0.750. The Hall–Kier alpha value is -0.770. The maximum Gasteiger partial charge on any atom is 0.183 e. The van der Waals surface area contributed by atoms with Crippen LogP contribution in [0.3, 0.4) is 0 Å². The standard InChI is InChI=1S/C8H13N3O2S/c1-14-8(11-6-9)10-4-7-5-12-2-3-13-7/h7H,2-5H2,1H3,(H,10,11). The summed E-state index contributed by atoms with van der Waals surface area (Å²) >= 11 is 1.40. The van der Waals surface area contributed by atoms with Crippen LogP contribution in [-0.4, -0.2) is 43.9 Å². The van der Waals surface area contributed by atoms with Gasteiger partial charge >= 0.3 is 0 Å². The van der Waals surface area contributed by atoms with E-state index >= 15 is 0 Å². The lowest BCUT2D eigenvalue weighted by Gasteiger charge is -2.21. The van der Waals surface area contributed by atoms with Crippen LogP contribution in [0.5, 0.6) is 0 Å². The van der Waals surface area contributed by atoms with Crippen molar-refractivity contribution in [1.82, 2.24) is 5.32 Å². The van der Waals surface area contributed by atoms with Crippen LogP contribution in [0.1, 0.15) is 0 Å². The van der Waals surface area contributed by atoms with Crippen LogP contribution in [0.4, 0.5) is 0 Å². The van der Waals surface area contributed by atoms with Crippen molar-refractivity contribution in [3.63, 3.8) is 0 Å². The highest BCUT2D eigenvalue weighted by atomic mass is 32.2. The number of nitrogens with one attached hydrogen (secondary N) is 1. The number of amidine groups is 1. The van der Waals surface area contributed by atoms with Crippen molar-refractivity contribution in [3.05, 3.63) is 0 Å². The zero-order valence-corrected chi connectivity index (χ0v) is 8.84. The molecule has 1 unspecified atom stereocenters. The van der Waals surface area contributed by atoms with Gasteiger partial charge in [0.2, 0.25) is 0 Å². The molecule has 0 bridgehead atoms. The summed E-state index contributed by atoms with van der Waals surface area (Å²) in [6.45, 7) is 2.40. The Bertz CT molecular complexity index is 233. The number of nitrogens with zero attached hydrogens (tertiary/aromatic N) is 2. The highest BCUT2D eigenvalue weighted by Crippen LogP contribution is 2.02.